The molecule has 2 aliphatic heterocycles. The van der Waals surface area contributed by atoms with E-state index in [4.69, 9.17) is 9.72 Å². The Labute approximate surface area is 148 Å². The van der Waals surface area contributed by atoms with E-state index >= 15 is 0 Å². The molecule has 1 unspecified atom stereocenters. The molecule has 1 atom stereocenters. The quantitative estimate of drug-likeness (QED) is 0.800. The number of carbonyl (C=O) groups excluding carboxylic acids is 2. The van der Waals surface area contributed by atoms with Gasteiger partial charge in [-0.1, -0.05) is 6.07 Å². The lowest BCUT2D eigenvalue weighted by Gasteiger charge is -2.31. The molecule has 136 valence electrons. The van der Waals surface area contributed by atoms with Crippen LogP contribution >= 0.6 is 0 Å². The first kappa shape index (κ1) is 17.7. The number of hydrogen-bond acceptors (Lipinski definition) is 5. The van der Waals surface area contributed by atoms with Crippen molar-refractivity contribution in [3.05, 3.63) is 23.4 Å². The van der Waals surface area contributed by atoms with Gasteiger partial charge in [0, 0.05) is 24.7 Å². The van der Waals surface area contributed by atoms with E-state index in [1.54, 1.807) is 11.8 Å². The van der Waals surface area contributed by atoms with Crippen molar-refractivity contribution in [1.82, 2.24) is 9.88 Å². The van der Waals surface area contributed by atoms with Crippen molar-refractivity contribution >= 4 is 17.7 Å². The van der Waals surface area contributed by atoms with Gasteiger partial charge in [-0.15, -0.1) is 0 Å². The maximum absolute atomic E-state index is 12.6. The molecule has 2 aliphatic rings. The number of likely N-dealkylation sites (tertiary alicyclic amines) is 1. The van der Waals surface area contributed by atoms with Crippen molar-refractivity contribution in [2.75, 3.05) is 31.6 Å². The van der Waals surface area contributed by atoms with E-state index < -0.39 is 0 Å². The van der Waals surface area contributed by atoms with Gasteiger partial charge in [-0.05, 0) is 57.1 Å². The fraction of sp³-hybridized carbons (Fsp3) is 0.632. The highest BCUT2D eigenvalue weighted by atomic mass is 16.5. The summed E-state index contributed by atoms with van der Waals surface area (Å²) in [5.74, 6) is 0.742. The van der Waals surface area contributed by atoms with Crippen LogP contribution in [0.1, 0.15) is 43.9 Å². The van der Waals surface area contributed by atoms with Crippen LogP contribution in [0.15, 0.2) is 12.1 Å². The molecule has 1 fully saturated rings. The third-order valence-electron chi connectivity index (χ3n) is 4.97. The summed E-state index contributed by atoms with van der Waals surface area (Å²) in [5, 5.41) is 3.35. The molecule has 0 aliphatic carbocycles. The van der Waals surface area contributed by atoms with E-state index in [2.05, 4.69) is 17.4 Å². The van der Waals surface area contributed by atoms with Crippen LogP contribution in [0.3, 0.4) is 0 Å². The summed E-state index contributed by atoms with van der Waals surface area (Å²) in [5.41, 5.74) is 2.31. The summed E-state index contributed by atoms with van der Waals surface area (Å²) in [6, 6.07) is 4.23. The average molecular weight is 345 g/mol. The molecular formula is C19H27N3O3. The zero-order valence-electron chi connectivity index (χ0n) is 14.9. The molecule has 3 rings (SSSR count). The molecular weight excluding hydrogens is 318 g/mol. The molecule has 6 nitrogen and oxygen atoms in total. The molecule has 1 saturated heterocycles. The van der Waals surface area contributed by atoms with E-state index in [1.807, 2.05) is 0 Å². The number of ether oxygens (including phenoxy) is 1. The molecule has 0 spiro atoms. The number of esters is 1. The number of hydrogen-bond donors (Lipinski definition) is 1. The summed E-state index contributed by atoms with van der Waals surface area (Å²) < 4.78 is 4.96. The fourth-order valence-electron chi connectivity index (χ4n) is 3.64. The van der Waals surface area contributed by atoms with Crippen molar-refractivity contribution in [3.63, 3.8) is 0 Å². The molecule has 3 heterocycles. The molecule has 25 heavy (non-hydrogen) atoms. The maximum Gasteiger partial charge on any atom is 0.325 e. The van der Waals surface area contributed by atoms with Gasteiger partial charge in [0.15, 0.2) is 0 Å². The Morgan fingerprint density at radius 3 is 3.12 bits per heavy atom. The lowest BCUT2D eigenvalue weighted by molar-refractivity contribution is -0.151. The number of rotatable bonds is 6. The van der Waals surface area contributed by atoms with E-state index in [0.717, 1.165) is 56.6 Å². The zero-order chi connectivity index (χ0) is 17.6. The van der Waals surface area contributed by atoms with Gasteiger partial charge in [-0.2, -0.15) is 0 Å². The lowest BCUT2D eigenvalue weighted by atomic mass is 9.91. The van der Waals surface area contributed by atoms with Crippen LogP contribution in [0.2, 0.25) is 0 Å². The molecule has 1 N–H and O–H groups in total. The molecule has 1 aromatic heterocycles. The van der Waals surface area contributed by atoms with Crippen LogP contribution in [0.25, 0.3) is 0 Å². The van der Waals surface area contributed by atoms with Crippen LogP contribution in [-0.4, -0.2) is 48.0 Å². The standard InChI is InChI=1S/C19H27N3O3/c1-2-25-17(23)13-22-12-4-6-15(19(22)24)8-10-16-9-7-14-5-3-11-20-18(14)21-16/h7,9,15H,2-6,8,10-13H2,1H3,(H,20,21). The van der Waals surface area contributed by atoms with E-state index in [9.17, 15) is 9.59 Å². The molecule has 1 amide bonds. The largest absolute Gasteiger partial charge is 0.465 e. The van der Waals surface area contributed by atoms with Crippen molar-refractivity contribution in [1.29, 1.82) is 0 Å². The Morgan fingerprint density at radius 1 is 1.40 bits per heavy atom. The van der Waals surface area contributed by atoms with Crippen LogP contribution < -0.4 is 5.32 Å². The minimum Gasteiger partial charge on any atom is -0.465 e. The van der Waals surface area contributed by atoms with Crippen molar-refractivity contribution in [2.45, 2.75) is 45.4 Å². The van der Waals surface area contributed by atoms with Gasteiger partial charge in [0.1, 0.15) is 12.4 Å². The number of nitrogens with one attached hydrogen (secondary N) is 1. The molecule has 0 bridgehead atoms. The van der Waals surface area contributed by atoms with Crippen molar-refractivity contribution in [2.24, 2.45) is 5.92 Å². The third-order valence-corrected chi connectivity index (χ3v) is 4.97. The van der Waals surface area contributed by atoms with Gasteiger partial charge in [0.05, 0.1) is 6.61 Å². The Balaban J connectivity index is 1.55. The van der Waals surface area contributed by atoms with Crippen LogP contribution in [0, 0.1) is 5.92 Å². The molecule has 1 aromatic rings. The number of aryl methyl sites for hydroxylation is 2. The average Bonchev–Trinajstić information content (AvgIpc) is 2.62. The molecule has 0 aromatic carbocycles. The van der Waals surface area contributed by atoms with Crippen LogP contribution in [0.4, 0.5) is 5.82 Å². The highest BCUT2D eigenvalue weighted by molar-refractivity contribution is 5.84. The second-order valence-corrected chi connectivity index (χ2v) is 6.78. The van der Waals surface area contributed by atoms with Crippen LogP contribution in [0.5, 0.6) is 0 Å². The van der Waals surface area contributed by atoms with E-state index in [1.165, 1.54) is 5.56 Å². The maximum atomic E-state index is 12.6. The first-order valence-corrected chi connectivity index (χ1v) is 9.34. The topological polar surface area (TPSA) is 71.5 Å². The number of fused-ring (bicyclic) bond motifs is 1. The number of pyridine rings is 1. The summed E-state index contributed by atoms with van der Waals surface area (Å²) in [6.07, 6.45) is 5.64. The Hall–Kier alpha value is -2.11. The summed E-state index contributed by atoms with van der Waals surface area (Å²) >= 11 is 0. The number of carbonyl (C=O) groups is 2. The Morgan fingerprint density at radius 2 is 2.28 bits per heavy atom. The minimum atomic E-state index is -0.320. The SMILES string of the molecule is CCOC(=O)CN1CCCC(CCc2ccc3c(n2)NCCC3)C1=O. The highest BCUT2D eigenvalue weighted by Crippen LogP contribution is 2.24. The van der Waals surface area contributed by atoms with E-state index in [-0.39, 0.29) is 24.3 Å². The number of aromatic nitrogens is 1. The Bertz CT molecular complexity index is 632. The normalized spacial score (nSPS) is 20.0. The van der Waals surface area contributed by atoms with Crippen molar-refractivity contribution in [3.8, 4) is 0 Å². The third kappa shape index (κ3) is 4.50. The zero-order valence-corrected chi connectivity index (χ0v) is 14.9. The monoisotopic (exact) mass is 345 g/mol. The molecule has 0 saturated carbocycles. The number of nitrogens with zero attached hydrogens (tertiary/aromatic N) is 2. The van der Waals surface area contributed by atoms with Crippen LogP contribution in [-0.2, 0) is 27.2 Å². The summed E-state index contributed by atoms with van der Waals surface area (Å²) in [4.78, 5) is 30.6. The first-order chi connectivity index (χ1) is 12.2. The van der Waals surface area contributed by atoms with Crippen molar-refractivity contribution < 1.29 is 14.3 Å². The predicted octanol–water partition coefficient (Wildman–Crippen LogP) is 2.17. The summed E-state index contributed by atoms with van der Waals surface area (Å²) in [6.45, 7) is 3.83. The second kappa shape index (κ2) is 8.32. The van der Waals surface area contributed by atoms with Gasteiger partial charge in [0.25, 0.3) is 0 Å². The molecule has 6 heteroatoms. The first-order valence-electron chi connectivity index (χ1n) is 9.34. The predicted molar refractivity (Wildman–Crippen MR) is 95.3 cm³/mol. The lowest BCUT2D eigenvalue weighted by Crippen LogP contribution is -2.44. The van der Waals surface area contributed by atoms with Gasteiger partial charge in [-0.3, -0.25) is 9.59 Å². The van der Waals surface area contributed by atoms with Gasteiger partial charge >= 0.3 is 5.97 Å². The second-order valence-electron chi connectivity index (χ2n) is 6.78. The smallest absolute Gasteiger partial charge is 0.325 e. The minimum absolute atomic E-state index is 0.0195. The fourth-order valence-corrected chi connectivity index (χ4v) is 3.64. The Kier molecular flexibility index (Phi) is 5.89. The summed E-state index contributed by atoms with van der Waals surface area (Å²) in [7, 11) is 0. The highest BCUT2D eigenvalue weighted by Gasteiger charge is 2.30. The van der Waals surface area contributed by atoms with Gasteiger partial charge < -0.3 is 15.0 Å². The number of piperidine rings is 1. The number of anilines is 1. The molecule has 0 radical (unpaired) electrons. The number of amides is 1. The van der Waals surface area contributed by atoms with Gasteiger partial charge in [0.2, 0.25) is 5.91 Å². The van der Waals surface area contributed by atoms with E-state index in [0.29, 0.717) is 13.2 Å². The van der Waals surface area contributed by atoms with Gasteiger partial charge in [-0.25, -0.2) is 4.98 Å².